The number of piperazine rings is 1. The van der Waals surface area contributed by atoms with E-state index in [2.05, 4.69) is 51.4 Å². The molecule has 1 aromatic rings. The molecule has 2 saturated heterocycles. The van der Waals surface area contributed by atoms with Gasteiger partial charge in [0, 0.05) is 39.3 Å². The lowest BCUT2D eigenvalue weighted by atomic mass is 9.98. The Morgan fingerprint density at radius 3 is 2.61 bits per heavy atom. The van der Waals surface area contributed by atoms with Crippen LogP contribution in [0.5, 0.6) is 0 Å². The minimum absolute atomic E-state index is 0.00679. The maximum atomic E-state index is 12.1. The number of aliphatic hydroxyl groups is 1. The number of rotatable bonds is 7. The molecule has 3 rings (SSSR count). The second-order valence-electron chi connectivity index (χ2n) is 7.64. The highest BCUT2D eigenvalue weighted by Gasteiger charge is 2.35. The third kappa shape index (κ3) is 6.05. The van der Waals surface area contributed by atoms with E-state index in [-0.39, 0.29) is 18.6 Å². The Morgan fingerprint density at radius 1 is 1.18 bits per heavy atom. The molecular weight excluding hydrogens is 354 g/mol. The lowest BCUT2D eigenvalue weighted by molar-refractivity contribution is -0.158. The van der Waals surface area contributed by atoms with E-state index in [1.807, 2.05) is 0 Å². The fraction of sp³-hybridized carbons (Fsp3) is 0.591. The van der Waals surface area contributed by atoms with Gasteiger partial charge in [-0.2, -0.15) is 0 Å². The van der Waals surface area contributed by atoms with Crippen LogP contribution in [0.25, 0.3) is 0 Å². The van der Waals surface area contributed by atoms with Crippen LogP contribution < -0.4 is 5.32 Å². The second kappa shape index (κ2) is 10.6. The van der Waals surface area contributed by atoms with Gasteiger partial charge in [-0.25, -0.2) is 0 Å². The van der Waals surface area contributed by atoms with Crippen molar-refractivity contribution >= 4 is 5.91 Å². The van der Waals surface area contributed by atoms with Gasteiger partial charge in [0.2, 0.25) is 0 Å². The number of terminal acetylenes is 1. The Hall–Kier alpha value is -1.91. The van der Waals surface area contributed by atoms with Gasteiger partial charge in [0.05, 0.1) is 18.8 Å². The number of hydrogen-bond donors (Lipinski definition) is 2. The van der Waals surface area contributed by atoms with E-state index in [9.17, 15) is 9.90 Å². The van der Waals surface area contributed by atoms with Gasteiger partial charge in [0.1, 0.15) is 0 Å². The minimum atomic E-state index is -0.810. The molecule has 2 heterocycles. The van der Waals surface area contributed by atoms with Crippen molar-refractivity contribution in [1.82, 2.24) is 15.1 Å². The minimum Gasteiger partial charge on any atom is -0.390 e. The van der Waals surface area contributed by atoms with E-state index in [4.69, 9.17) is 11.2 Å². The van der Waals surface area contributed by atoms with Crippen molar-refractivity contribution in [1.29, 1.82) is 0 Å². The van der Waals surface area contributed by atoms with Crippen LogP contribution in [0.3, 0.4) is 0 Å². The van der Waals surface area contributed by atoms with Crippen LogP contribution >= 0.6 is 0 Å². The van der Waals surface area contributed by atoms with Crippen LogP contribution in [0.1, 0.15) is 24.8 Å². The van der Waals surface area contributed by atoms with Crippen molar-refractivity contribution < 1.29 is 14.6 Å². The molecule has 2 aliphatic rings. The first-order valence-corrected chi connectivity index (χ1v) is 10.2. The number of hydrogen-bond acceptors (Lipinski definition) is 5. The fourth-order valence-corrected chi connectivity index (χ4v) is 3.90. The highest BCUT2D eigenvalue weighted by atomic mass is 16.5. The first kappa shape index (κ1) is 20.8. The zero-order valence-corrected chi connectivity index (χ0v) is 16.4. The van der Waals surface area contributed by atoms with Crippen LogP contribution in [0.15, 0.2) is 30.3 Å². The molecule has 0 spiro atoms. The van der Waals surface area contributed by atoms with Crippen molar-refractivity contribution in [2.45, 2.75) is 44.1 Å². The Labute approximate surface area is 167 Å². The van der Waals surface area contributed by atoms with Gasteiger partial charge < -0.3 is 20.1 Å². The van der Waals surface area contributed by atoms with E-state index in [1.54, 1.807) is 0 Å². The first-order chi connectivity index (χ1) is 13.7. The molecule has 0 radical (unpaired) electrons. The summed E-state index contributed by atoms with van der Waals surface area (Å²) in [5, 5.41) is 12.7. The van der Waals surface area contributed by atoms with Crippen LogP contribution in [-0.4, -0.2) is 78.4 Å². The van der Waals surface area contributed by atoms with E-state index < -0.39 is 12.2 Å². The molecule has 2 fully saturated rings. The summed E-state index contributed by atoms with van der Waals surface area (Å²) in [4.78, 5) is 17.1. The van der Waals surface area contributed by atoms with Crippen molar-refractivity contribution in [3.05, 3.63) is 35.9 Å². The summed E-state index contributed by atoms with van der Waals surface area (Å²) in [6.45, 7) is 6.35. The molecule has 2 aliphatic heterocycles. The number of ether oxygens (including phenoxy) is 1. The second-order valence-corrected chi connectivity index (χ2v) is 7.64. The summed E-state index contributed by atoms with van der Waals surface area (Å²) in [6.07, 6.45) is 5.87. The van der Waals surface area contributed by atoms with Crippen LogP contribution in [0.4, 0.5) is 0 Å². The molecule has 0 unspecified atom stereocenters. The summed E-state index contributed by atoms with van der Waals surface area (Å²) >= 11 is 0. The molecule has 2 N–H and O–H groups in total. The lowest BCUT2D eigenvalue weighted by Crippen LogP contribution is -2.50. The molecule has 0 saturated carbocycles. The predicted octanol–water partition coefficient (Wildman–Crippen LogP) is 0.852. The molecule has 152 valence electrons. The first-order valence-electron chi connectivity index (χ1n) is 10.2. The summed E-state index contributed by atoms with van der Waals surface area (Å²) in [7, 11) is 0. The molecule has 0 bridgehead atoms. The average molecular weight is 386 g/mol. The van der Waals surface area contributed by atoms with Crippen molar-refractivity contribution in [3.63, 3.8) is 0 Å². The number of carbonyl (C=O) groups excluding carboxylic acids is 1. The standard InChI is InChI=1S/C22H31N3O3/c1-2-11-23-22(27)21-20(26)9-8-19(28-21)10-12-24-13-15-25(16-14-24)17-18-6-4-3-5-7-18/h1,3-7,19-21,26H,8-17H2,(H,23,27)/t19-,20-,21+/m0/s1. The zero-order chi connectivity index (χ0) is 19.8. The SMILES string of the molecule is C#CCNC(=O)[C@@H]1O[C@H](CCN2CCN(Cc3ccccc3)CC2)CC[C@@H]1O. The topological polar surface area (TPSA) is 65.0 Å². The molecule has 0 aromatic heterocycles. The summed E-state index contributed by atoms with van der Waals surface area (Å²) < 4.78 is 5.88. The smallest absolute Gasteiger partial charge is 0.252 e. The fourth-order valence-electron chi connectivity index (χ4n) is 3.90. The zero-order valence-electron chi connectivity index (χ0n) is 16.4. The molecule has 1 amide bonds. The van der Waals surface area contributed by atoms with Gasteiger partial charge in [0.15, 0.2) is 6.10 Å². The van der Waals surface area contributed by atoms with Crippen LogP contribution in [0.2, 0.25) is 0 Å². The van der Waals surface area contributed by atoms with Gasteiger partial charge in [-0.3, -0.25) is 9.69 Å². The molecule has 1 aromatic carbocycles. The Morgan fingerprint density at radius 2 is 1.89 bits per heavy atom. The average Bonchev–Trinajstić information content (AvgIpc) is 2.73. The third-order valence-electron chi connectivity index (χ3n) is 5.58. The lowest BCUT2D eigenvalue weighted by Gasteiger charge is -2.37. The normalized spacial score (nSPS) is 26.5. The molecule has 6 heteroatoms. The molecular formula is C22H31N3O3. The summed E-state index contributed by atoms with van der Waals surface area (Å²) in [5.74, 6) is 2.06. The van der Waals surface area contributed by atoms with Gasteiger partial charge in [-0.15, -0.1) is 6.42 Å². The summed E-state index contributed by atoms with van der Waals surface area (Å²) in [5.41, 5.74) is 1.36. The van der Waals surface area contributed by atoms with E-state index in [1.165, 1.54) is 5.56 Å². The van der Waals surface area contributed by atoms with Crippen LogP contribution in [0, 0.1) is 12.3 Å². The van der Waals surface area contributed by atoms with Gasteiger partial charge in [0.25, 0.3) is 5.91 Å². The van der Waals surface area contributed by atoms with E-state index in [0.29, 0.717) is 6.42 Å². The predicted molar refractivity (Wildman–Crippen MR) is 109 cm³/mol. The Bertz CT molecular complexity index is 653. The molecule has 0 aliphatic carbocycles. The van der Waals surface area contributed by atoms with Crippen LogP contribution in [-0.2, 0) is 16.1 Å². The quantitative estimate of drug-likeness (QED) is 0.682. The highest BCUT2D eigenvalue weighted by Crippen LogP contribution is 2.22. The van der Waals surface area contributed by atoms with Gasteiger partial charge in [-0.1, -0.05) is 36.3 Å². The number of amides is 1. The number of carbonyl (C=O) groups is 1. The highest BCUT2D eigenvalue weighted by molar-refractivity contribution is 5.81. The number of nitrogens with one attached hydrogen (secondary N) is 1. The van der Waals surface area contributed by atoms with Gasteiger partial charge in [-0.05, 0) is 24.8 Å². The number of nitrogens with zero attached hydrogens (tertiary/aromatic N) is 2. The number of benzene rings is 1. The maximum absolute atomic E-state index is 12.1. The molecule has 28 heavy (non-hydrogen) atoms. The number of aliphatic hydroxyl groups excluding tert-OH is 1. The Kier molecular flexibility index (Phi) is 7.87. The van der Waals surface area contributed by atoms with Crippen molar-refractivity contribution in [3.8, 4) is 12.3 Å². The largest absolute Gasteiger partial charge is 0.390 e. The van der Waals surface area contributed by atoms with E-state index >= 15 is 0 Å². The van der Waals surface area contributed by atoms with Crippen molar-refractivity contribution in [2.24, 2.45) is 0 Å². The van der Waals surface area contributed by atoms with Gasteiger partial charge >= 0.3 is 0 Å². The summed E-state index contributed by atoms with van der Waals surface area (Å²) in [6, 6.07) is 10.6. The van der Waals surface area contributed by atoms with E-state index in [0.717, 1.165) is 52.1 Å². The molecule has 3 atom stereocenters. The third-order valence-corrected chi connectivity index (χ3v) is 5.58. The monoisotopic (exact) mass is 385 g/mol. The molecule has 6 nitrogen and oxygen atoms in total. The Balaban J connectivity index is 1.38. The van der Waals surface area contributed by atoms with Crippen molar-refractivity contribution in [2.75, 3.05) is 39.3 Å². The maximum Gasteiger partial charge on any atom is 0.252 e.